The molecule has 2 aliphatic heterocycles. The van der Waals surface area contributed by atoms with Gasteiger partial charge in [-0.1, -0.05) is 30.3 Å². The summed E-state index contributed by atoms with van der Waals surface area (Å²) in [7, 11) is 0. The zero-order chi connectivity index (χ0) is 18.5. The fraction of sp³-hybridized carbons (Fsp3) is 0.190. The van der Waals surface area contributed by atoms with Crippen molar-refractivity contribution in [2.75, 3.05) is 0 Å². The molecule has 27 heavy (non-hydrogen) atoms. The van der Waals surface area contributed by atoms with Gasteiger partial charge in [-0.2, -0.15) is 0 Å². The molecule has 0 radical (unpaired) electrons. The number of para-hydroxylation sites is 1. The number of piperidine rings is 1. The number of imide groups is 1. The van der Waals surface area contributed by atoms with E-state index in [1.807, 2.05) is 48.7 Å². The number of benzene rings is 2. The highest BCUT2D eigenvalue weighted by molar-refractivity contribution is 6.07. The van der Waals surface area contributed by atoms with Crippen LogP contribution in [0.15, 0.2) is 48.7 Å². The lowest BCUT2D eigenvalue weighted by Gasteiger charge is -2.29. The minimum Gasteiger partial charge on any atom is -0.361 e. The first-order valence-corrected chi connectivity index (χ1v) is 8.96. The van der Waals surface area contributed by atoms with Gasteiger partial charge in [0.2, 0.25) is 11.8 Å². The second-order valence-electron chi connectivity index (χ2n) is 6.98. The van der Waals surface area contributed by atoms with Crippen LogP contribution >= 0.6 is 0 Å². The summed E-state index contributed by atoms with van der Waals surface area (Å²) >= 11 is 0. The van der Waals surface area contributed by atoms with Crippen molar-refractivity contribution >= 4 is 28.6 Å². The van der Waals surface area contributed by atoms with Gasteiger partial charge in [0.05, 0.1) is 5.52 Å². The maximum Gasteiger partial charge on any atom is 0.255 e. The van der Waals surface area contributed by atoms with Gasteiger partial charge in [-0.3, -0.25) is 19.7 Å². The lowest BCUT2D eigenvalue weighted by molar-refractivity contribution is -0.136. The first-order valence-electron chi connectivity index (χ1n) is 8.96. The molecule has 6 nitrogen and oxygen atoms in total. The molecule has 134 valence electrons. The molecule has 3 amide bonds. The fourth-order valence-electron chi connectivity index (χ4n) is 4.15. The van der Waals surface area contributed by atoms with Crippen LogP contribution in [0.5, 0.6) is 0 Å². The Hall–Kier alpha value is -3.41. The number of carbonyl (C=O) groups excluding carboxylic acids is 3. The highest BCUT2D eigenvalue weighted by Crippen LogP contribution is 2.37. The van der Waals surface area contributed by atoms with Crippen molar-refractivity contribution in [1.29, 1.82) is 0 Å². The average molecular weight is 359 g/mol. The summed E-state index contributed by atoms with van der Waals surface area (Å²) in [6, 6.07) is 13.2. The monoisotopic (exact) mass is 359 g/mol. The molecule has 1 atom stereocenters. The third-order valence-corrected chi connectivity index (χ3v) is 5.46. The Balaban J connectivity index is 1.58. The van der Waals surface area contributed by atoms with E-state index >= 15 is 0 Å². The van der Waals surface area contributed by atoms with E-state index in [-0.39, 0.29) is 24.1 Å². The zero-order valence-corrected chi connectivity index (χ0v) is 14.5. The number of hydrogen-bond acceptors (Lipinski definition) is 3. The molecule has 1 unspecified atom stereocenters. The third-order valence-electron chi connectivity index (χ3n) is 5.46. The number of H-pyrrole nitrogens is 1. The molecule has 5 rings (SSSR count). The van der Waals surface area contributed by atoms with Gasteiger partial charge in [0.25, 0.3) is 5.91 Å². The summed E-state index contributed by atoms with van der Waals surface area (Å²) in [4.78, 5) is 41.5. The summed E-state index contributed by atoms with van der Waals surface area (Å²) in [5, 5.41) is 3.45. The number of nitrogens with one attached hydrogen (secondary N) is 2. The lowest BCUT2D eigenvalue weighted by atomic mass is 9.95. The second kappa shape index (κ2) is 5.81. The summed E-state index contributed by atoms with van der Waals surface area (Å²) in [6.45, 7) is 0.369. The Kier molecular flexibility index (Phi) is 3.40. The van der Waals surface area contributed by atoms with E-state index in [0.717, 1.165) is 27.6 Å². The van der Waals surface area contributed by atoms with Crippen LogP contribution in [0.2, 0.25) is 0 Å². The molecular weight excluding hydrogens is 342 g/mol. The molecule has 1 saturated heterocycles. The van der Waals surface area contributed by atoms with E-state index in [1.165, 1.54) is 0 Å². The quantitative estimate of drug-likeness (QED) is 0.690. The molecule has 6 heteroatoms. The molecule has 0 bridgehead atoms. The molecule has 0 saturated carbocycles. The van der Waals surface area contributed by atoms with Gasteiger partial charge in [-0.05, 0) is 35.1 Å². The summed E-state index contributed by atoms with van der Waals surface area (Å²) in [6.07, 6.45) is 2.52. The third kappa shape index (κ3) is 2.37. The van der Waals surface area contributed by atoms with Gasteiger partial charge in [-0.25, -0.2) is 0 Å². The van der Waals surface area contributed by atoms with E-state index in [9.17, 15) is 14.4 Å². The molecule has 0 aliphatic carbocycles. The van der Waals surface area contributed by atoms with Crippen molar-refractivity contribution in [2.45, 2.75) is 25.4 Å². The Morgan fingerprint density at radius 2 is 1.70 bits per heavy atom. The van der Waals surface area contributed by atoms with Gasteiger partial charge in [0.15, 0.2) is 0 Å². The minimum atomic E-state index is -0.600. The van der Waals surface area contributed by atoms with Crippen molar-refractivity contribution in [3.8, 4) is 11.1 Å². The van der Waals surface area contributed by atoms with Gasteiger partial charge >= 0.3 is 0 Å². The van der Waals surface area contributed by atoms with Gasteiger partial charge < -0.3 is 9.88 Å². The predicted molar refractivity (Wildman–Crippen MR) is 99.8 cm³/mol. The van der Waals surface area contributed by atoms with Gasteiger partial charge in [0, 0.05) is 30.3 Å². The van der Waals surface area contributed by atoms with E-state index < -0.39 is 6.04 Å². The number of hydrogen-bond donors (Lipinski definition) is 2. The van der Waals surface area contributed by atoms with E-state index in [2.05, 4.69) is 10.3 Å². The van der Waals surface area contributed by atoms with Crippen LogP contribution in [0, 0.1) is 0 Å². The van der Waals surface area contributed by atoms with Crippen molar-refractivity contribution in [2.24, 2.45) is 0 Å². The topological polar surface area (TPSA) is 82.3 Å². The molecule has 2 aromatic carbocycles. The molecule has 0 spiro atoms. The fourth-order valence-corrected chi connectivity index (χ4v) is 4.15. The Bertz CT molecular complexity index is 1110. The average Bonchev–Trinajstić information content (AvgIpc) is 3.27. The minimum absolute atomic E-state index is 0.153. The van der Waals surface area contributed by atoms with Crippen molar-refractivity contribution < 1.29 is 14.4 Å². The number of fused-ring (bicyclic) bond motifs is 2. The molecule has 1 fully saturated rings. The number of amides is 3. The van der Waals surface area contributed by atoms with Crippen LogP contribution in [0.1, 0.15) is 28.8 Å². The maximum absolute atomic E-state index is 13.0. The van der Waals surface area contributed by atoms with Crippen LogP contribution in [-0.4, -0.2) is 33.6 Å². The Morgan fingerprint density at radius 1 is 0.926 bits per heavy atom. The summed E-state index contributed by atoms with van der Waals surface area (Å²) in [5.74, 6) is -0.819. The Morgan fingerprint density at radius 3 is 2.56 bits per heavy atom. The standard InChI is InChI=1S/C21H17N3O3/c25-18-8-7-17(20(26)23-18)24-11-16-13(4-2-6-15(16)21(24)27)14-5-1-3-12-9-10-22-19(12)14/h1-6,9-10,17,22H,7-8,11H2,(H,23,25,26). The van der Waals surface area contributed by atoms with Gasteiger partial charge in [0.1, 0.15) is 6.04 Å². The van der Waals surface area contributed by atoms with Crippen molar-refractivity contribution in [3.05, 3.63) is 59.8 Å². The van der Waals surface area contributed by atoms with Crippen molar-refractivity contribution in [3.63, 3.8) is 0 Å². The van der Waals surface area contributed by atoms with Crippen LogP contribution in [0.3, 0.4) is 0 Å². The first kappa shape index (κ1) is 15.8. The molecule has 1 aromatic heterocycles. The molecule has 3 aromatic rings. The van der Waals surface area contributed by atoms with Gasteiger partial charge in [-0.15, -0.1) is 0 Å². The van der Waals surface area contributed by atoms with Crippen LogP contribution in [0.4, 0.5) is 0 Å². The Labute approximate surface area is 155 Å². The SMILES string of the molecule is O=C1CCC(N2Cc3c(cccc3-c3cccc4cc[nH]c34)C2=O)C(=O)N1. The maximum atomic E-state index is 13.0. The van der Waals surface area contributed by atoms with E-state index in [1.54, 1.807) is 4.90 Å². The highest BCUT2D eigenvalue weighted by atomic mass is 16.2. The molecule has 3 heterocycles. The summed E-state index contributed by atoms with van der Waals surface area (Å²) in [5.41, 5.74) is 4.60. The smallest absolute Gasteiger partial charge is 0.255 e. The number of rotatable bonds is 2. The van der Waals surface area contributed by atoms with Crippen LogP contribution in [-0.2, 0) is 16.1 Å². The number of aromatic amines is 1. The highest BCUT2D eigenvalue weighted by Gasteiger charge is 2.39. The molecule has 2 N–H and O–H groups in total. The number of carbonyl (C=O) groups is 3. The van der Waals surface area contributed by atoms with Crippen molar-refractivity contribution in [1.82, 2.24) is 15.2 Å². The number of nitrogens with zero attached hydrogens (tertiary/aromatic N) is 1. The van der Waals surface area contributed by atoms with Crippen LogP contribution in [0.25, 0.3) is 22.0 Å². The molecule has 2 aliphatic rings. The first-order chi connectivity index (χ1) is 13.1. The summed E-state index contributed by atoms with van der Waals surface area (Å²) < 4.78 is 0. The van der Waals surface area contributed by atoms with Crippen LogP contribution < -0.4 is 5.32 Å². The normalized spacial score (nSPS) is 19.5. The second-order valence-corrected chi connectivity index (χ2v) is 6.98. The molecular formula is C21H17N3O3. The van der Waals surface area contributed by atoms with E-state index in [0.29, 0.717) is 18.5 Å². The number of aromatic nitrogens is 1. The predicted octanol–water partition coefficient (Wildman–Crippen LogP) is 2.60. The van der Waals surface area contributed by atoms with E-state index in [4.69, 9.17) is 0 Å². The zero-order valence-electron chi connectivity index (χ0n) is 14.5. The largest absolute Gasteiger partial charge is 0.361 e. The lowest BCUT2D eigenvalue weighted by Crippen LogP contribution is -2.52.